The SMILES string of the molecule is CN(CCOc1ccccc1F)C(=O)CC1(N)CCC1. The van der Waals surface area contributed by atoms with Crippen LogP contribution >= 0.6 is 0 Å². The summed E-state index contributed by atoms with van der Waals surface area (Å²) in [5.74, 6) is -0.163. The Labute approximate surface area is 118 Å². The topological polar surface area (TPSA) is 55.6 Å². The van der Waals surface area contributed by atoms with E-state index in [0.29, 0.717) is 13.0 Å². The van der Waals surface area contributed by atoms with Gasteiger partial charge in [-0.2, -0.15) is 0 Å². The summed E-state index contributed by atoms with van der Waals surface area (Å²) in [6.45, 7) is 0.685. The van der Waals surface area contributed by atoms with E-state index in [1.165, 1.54) is 6.07 Å². The van der Waals surface area contributed by atoms with Gasteiger partial charge in [0.05, 0.1) is 6.54 Å². The van der Waals surface area contributed by atoms with Gasteiger partial charge >= 0.3 is 0 Å². The summed E-state index contributed by atoms with van der Waals surface area (Å²) in [5.41, 5.74) is 5.74. The molecule has 1 fully saturated rings. The van der Waals surface area contributed by atoms with Crippen LogP contribution < -0.4 is 10.5 Å². The number of hydrogen-bond acceptors (Lipinski definition) is 3. The summed E-state index contributed by atoms with van der Waals surface area (Å²) in [4.78, 5) is 13.6. The molecule has 1 amide bonds. The number of ether oxygens (including phenoxy) is 1. The molecule has 5 heteroatoms. The number of likely N-dealkylation sites (N-methyl/N-ethyl adjacent to an activating group) is 1. The zero-order chi connectivity index (χ0) is 14.6. The number of carbonyl (C=O) groups is 1. The van der Waals surface area contributed by atoms with E-state index in [1.54, 1.807) is 30.1 Å². The number of amides is 1. The maximum atomic E-state index is 13.3. The number of carbonyl (C=O) groups excluding carboxylic acids is 1. The minimum atomic E-state index is -0.392. The third-order valence-corrected chi connectivity index (χ3v) is 3.80. The fourth-order valence-electron chi connectivity index (χ4n) is 2.22. The maximum absolute atomic E-state index is 13.3. The molecule has 0 aromatic heterocycles. The van der Waals surface area contributed by atoms with Crippen molar-refractivity contribution >= 4 is 5.91 Å². The first kappa shape index (κ1) is 14.8. The van der Waals surface area contributed by atoms with E-state index in [0.717, 1.165) is 19.3 Å². The van der Waals surface area contributed by atoms with E-state index in [1.807, 2.05) is 0 Å². The van der Waals surface area contributed by atoms with Crippen LogP contribution in [0.4, 0.5) is 4.39 Å². The van der Waals surface area contributed by atoms with Gasteiger partial charge in [-0.15, -0.1) is 0 Å². The van der Waals surface area contributed by atoms with Gasteiger partial charge in [0, 0.05) is 19.0 Å². The van der Waals surface area contributed by atoms with Crippen LogP contribution in [0.25, 0.3) is 0 Å². The number of hydrogen-bond donors (Lipinski definition) is 1. The second-order valence-corrected chi connectivity index (χ2v) is 5.49. The number of benzene rings is 1. The first-order valence-electron chi connectivity index (χ1n) is 6.90. The second-order valence-electron chi connectivity index (χ2n) is 5.49. The quantitative estimate of drug-likeness (QED) is 0.866. The normalized spacial score (nSPS) is 16.4. The molecule has 1 aromatic rings. The van der Waals surface area contributed by atoms with Crippen molar-refractivity contribution in [2.24, 2.45) is 5.73 Å². The second kappa shape index (κ2) is 6.22. The van der Waals surface area contributed by atoms with E-state index in [9.17, 15) is 9.18 Å². The third kappa shape index (κ3) is 3.70. The summed E-state index contributed by atoms with van der Waals surface area (Å²) in [6.07, 6.45) is 3.31. The van der Waals surface area contributed by atoms with E-state index in [2.05, 4.69) is 0 Å². The minimum absolute atomic E-state index is 0.0179. The van der Waals surface area contributed by atoms with Crippen LogP contribution in [0, 0.1) is 5.82 Å². The predicted molar refractivity (Wildman–Crippen MR) is 74.9 cm³/mol. The monoisotopic (exact) mass is 280 g/mol. The highest BCUT2D eigenvalue weighted by Crippen LogP contribution is 2.32. The zero-order valence-electron chi connectivity index (χ0n) is 11.8. The van der Waals surface area contributed by atoms with E-state index < -0.39 is 5.82 Å². The Bertz CT molecular complexity index is 475. The lowest BCUT2D eigenvalue weighted by Crippen LogP contribution is -2.50. The molecule has 0 radical (unpaired) electrons. The van der Waals surface area contributed by atoms with Crippen molar-refractivity contribution in [3.63, 3.8) is 0 Å². The summed E-state index contributed by atoms with van der Waals surface area (Å²) in [5, 5.41) is 0. The molecule has 4 nitrogen and oxygen atoms in total. The highest BCUT2D eigenvalue weighted by molar-refractivity contribution is 5.77. The highest BCUT2D eigenvalue weighted by Gasteiger charge is 2.35. The molecular weight excluding hydrogens is 259 g/mol. The van der Waals surface area contributed by atoms with Crippen LogP contribution in [0.2, 0.25) is 0 Å². The van der Waals surface area contributed by atoms with Crippen LogP contribution in [0.1, 0.15) is 25.7 Å². The van der Waals surface area contributed by atoms with Crippen molar-refractivity contribution in [2.45, 2.75) is 31.2 Å². The molecule has 1 saturated carbocycles. The average Bonchev–Trinajstić information content (AvgIpc) is 2.39. The van der Waals surface area contributed by atoms with Crippen molar-refractivity contribution < 1.29 is 13.9 Å². The number of rotatable bonds is 6. The van der Waals surface area contributed by atoms with Gasteiger partial charge in [0.2, 0.25) is 5.91 Å². The molecular formula is C15H21FN2O2. The van der Waals surface area contributed by atoms with Crippen molar-refractivity contribution in [1.82, 2.24) is 4.90 Å². The van der Waals surface area contributed by atoms with E-state index in [-0.39, 0.29) is 23.8 Å². The van der Waals surface area contributed by atoms with Gasteiger partial charge in [0.1, 0.15) is 6.61 Å². The van der Waals surface area contributed by atoms with Crippen molar-refractivity contribution in [1.29, 1.82) is 0 Å². The Morgan fingerprint density at radius 2 is 2.15 bits per heavy atom. The van der Waals surface area contributed by atoms with Gasteiger partial charge in [0.15, 0.2) is 11.6 Å². The van der Waals surface area contributed by atoms with Gasteiger partial charge in [0.25, 0.3) is 0 Å². The summed E-state index contributed by atoms with van der Waals surface area (Å²) in [6, 6.07) is 6.23. The summed E-state index contributed by atoms with van der Waals surface area (Å²) >= 11 is 0. The number of nitrogens with two attached hydrogens (primary N) is 1. The number of halogens is 1. The minimum Gasteiger partial charge on any atom is -0.489 e. The van der Waals surface area contributed by atoms with Crippen LogP contribution in [-0.4, -0.2) is 36.5 Å². The highest BCUT2D eigenvalue weighted by atomic mass is 19.1. The number of nitrogens with zero attached hydrogens (tertiary/aromatic N) is 1. The van der Waals surface area contributed by atoms with E-state index in [4.69, 9.17) is 10.5 Å². The van der Waals surface area contributed by atoms with Crippen LogP contribution in [0.5, 0.6) is 5.75 Å². The molecule has 20 heavy (non-hydrogen) atoms. The number of para-hydroxylation sites is 1. The lowest BCUT2D eigenvalue weighted by molar-refractivity contribution is -0.132. The smallest absolute Gasteiger partial charge is 0.224 e. The fraction of sp³-hybridized carbons (Fsp3) is 0.533. The zero-order valence-corrected chi connectivity index (χ0v) is 11.8. The van der Waals surface area contributed by atoms with Gasteiger partial charge in [-0.05, 0) is 31.4 Å². The molecule has 0 spiro atoms. The average molecular weight is 280 g/mol. The first-order valence-corrected chi connectivity index (χ1v) is 6.90. The molecule has 0 aliphatic heterocycles. The van der Waals surface area contributed by atoms with Crippen LogP contribution in [0.15, 0.2) is 24.3 Å². The van der Waals surface area contributed by atoms with Crippen molar-refractivity contribution in [3.8, 4) is 5.75 Å². The molecule has 0 heterocycles. The molecule has 110 valence electrons. The molecule has 1 aliphatic carbocycles. The summed E-state index contributed by atoms with van der Waals surface area (Å²) in [7, 11) is 1.72. The predicted octanol–water partition coefficient (Wildman–Crippen LogP) is 1.93. The molecule has 0 saturated heterocycles. The Morgan fingerprint density at radius 1 is 1.45 bits per heavy atom. The summed E-state index contributed by atoms with van der Waals surface area (Å²) < 4.78 is 18.7. The van der Waals surface area contributed by atoms with Crippen molar-refractivity contribution in [2.75, 3.05) is 20.2 Å². The largest absolute Gasteiger partial charge is 0.489 e. The fourth-order valence-corrected chi connectivity index (χ4v) is 2.22. The Kier molecular flexibility index (Phi) is 4.60. The van der Waals surface area contributed by atoms with Crippen molar-refractivity contribution in [3.05, 3.63) is 30.1 Å². The van der Waals surface area contributed by atoms with Crippen LogP contribution in [0.3, 0.4) is 0 Å². The van der Waals surface area contributed by atoms with Gasteiger partial charge in [-0.25, -0.2) is 4.39 Å². The Hall–Kier alpha value is -1.62. The maximum Gasteiger partial charge on any atom is 0.224 e. The van der Waals surface area contributed by atoms with E-state index >= 15 is 0 Å². The molecule has 0 atom stereocenters. The Morgan fingerprint density at radius 3 is 2.75 bits per heavy atom. The molecule has 1 aliphatic rings. The molecule has 0 unspecified atom stereocenters. The van der Waals surface area contributed by atoms with Crippen LogP contribution in [-0.2, 0) is 4.79 Å². The van der Waals surface area contributed by atoms with Gasteiger partial charge < -0.3 is 15.4 Å². The third-order valence-electron chi connectivity index (χ3n) is 3.80. The lowest BCUT2D eigenvalue weighted by atomic mass is 9.75. The molecule has 0 bridgehead atoms. The molecule has 2 rings (SSSR count). The first-order chi connectivity index (χ1) is 9.50. The molecule has 2 N–H and O–H groups in total. The molecule has 1 aromatic carbocycles. The standard InChI is InChI=1S/C15H21FN2O2/c1-18(14(19)11-15(17)7-4-8-15)9-10-20-13-6-3-2-5-12(13)16/h2-3,5-6H,4,7-11,17H2,1H3. The lowest BCUT2D eigenvalue weighted by Gasteiger charge is -2.38. The van der Waals surface area contributed by atoms with Gasteiger partial charge in [-0.1, -0.05) is 12.1 Å². The van der Waals surface area contributed by atoms with Gasteiger partial charge in [-0.3, -0.25) is 4.79 Å². The Balaban J connectivity index is 1.73.